The van der Waals surface area contributed by atoms with Crippen LogP contribution in [0.1, 0.15) is 55.7 Å². The van der Waals surface area contributed by atoms with Crippen molar-refractivity contribution in [1.82, 2.24) is 0 Å². The molecule has 2 aliphatic rings. The molecule has 39 heavy (non-hydrogen) atoms. The highest BCUT2D eigenvalue weighted by Crippen LogP contribution is 2.53. The van der Waals surface area contributed by atoms with Crippen LogP contribution in [0, 0.1) is 6.92 Å². The second kappa shape index (κ2) is 10.6. The maximum atomic E-state index is 14.2. The topological polar surface area (TPSA) is 93.1 Å². The number of fused-ring (bicyclic) bond motifs is 2. The number of sulfonamides is 1. The number of benzene rings is 3. The molecule has 206 valence electrons. The van der Waals surface area contributed by atoms with E-state index in [4.69, 9.17) is 14.6 Å². The summed E-state index contributed by atoms with van der Waals surface area (Å²) in [4.78, 5) is 11.1. The molecule has 1 saturated carbocycles. The van der Waals surface area contributed by atoms with Crippen molar-refractivity contribution in [2.24, 2.45) is 0 Å². The predicted molar refractivity (Wildman–Crippen MR) is 151 cm³/mol. The zero-order valence-corrected chi connectivity index (χ0v) is 23.5. The van der Waals surface area contributed by atoms with Crippen LogP contribution < -0.4 is 13.8 Å². The van der Waals surface area contributed by atoms with Crippen LogP contribution in [-0.2, 0) is 26.7 Å². The maximum absolute atomic E-state index is 14.2. The van der Waals surface area contributed by atoms with Crippen LogP contribution in [-0.4, -0.2) is 39.8 Å². The highest BCUT2D eigenvalue weighted by Gasteiger charge is 2.48. The Morgan fingerprint density at radius 2 is 1.72 bits per heavy atom. The predicted octanol–water partition coefficient (Wildman–Crippen LogP) is 6.11. The van der Waals surface area contributed by atoms with E-state index in [1.807, 2.05) is 24.3 Å². The molecular formula is C31H35NO6S. The van der Waals surface area contributed by atoms with Gasteiger partial charge in [-0.05, 0) is 96.5 Å². The van der Waals surface area contributed by atoms with E-state index in [9.17, 15) is 13.2 Å². The molecule has 0 unspecified atom stereocenters. The molecule has 0 atom stereocenters. The summed E-state index contributed by atoms with van der Waals surface area (Å²) in [5, 5.41) is 8.94. The quantitative estimate of drug-likeness (QED) is 0.365. The molecule has 1 aliphatic carbocycles. The first-order valence-electron chi connectivity index (χ1n) is 13.5. The van der Waals surface area contributed by atoms with E-state index in [1.165, 1.54) is 12.5 Å². The number of carbonyl (C=O) groups is 1. The van der Waals surface area contributed by atoms with Gasteiger partial charge in [-0.3, -0.25) is 4.31 Å². The minimum absolute atomic E-state index is 0.183. The monoisotopic (exact) mass is 549 g/mol. The molecule has 3 aromatic carbocycles. The van der Waals surface area contributed by atoms with E-state index in [0.29, 0.717) is 24.3 Å². The Balaban J connectivity index is 1.61. The van der Waals surface area contributed by atoms with Gasteiger partial charge in [0, 0.05) is 12.0 Å². The number of hydrogen-bond acceptors (Lipinski definition) is 5. The van der Waals surface area contributed by atoms with Gasteiger partial charge in [-0.25, -0.2) is 13.2 Å². The molecule has 1 fully saturated rings. The van der Waals surface area contributed by atoms with Crippen molar-refractivity contribution in [3.63, 3.8) is 0 Å². The third kappa shape index (κ3) is 4.98. The van der Waals surface area contributed by atoms with E-state index in [0.717, 1.165) is 59.4 Å². The summed E-state index contributed by atoms with van der Waals surface area (Å²) in [5.41, 5.74) is 5.50. The smallest absolute Gasteiger partial charge is 0.341 e. The van der Waals surface area contributed by atoms with Gasteiger partial charge in [0.25, 0.3) is 10.0 Å². The summed E-state index contributed by atoms with van der Waals surface area (Å²) < 4.78 is 40.8. The molecule has 0 bridgehead atoms. The van der Waals surface area contributed by atoms with E-state index >= 15 is 0 Å². The lowest BCUT2D eigenvalue weighted by molar-refractivity contribution is -0.139. The van der Waals surface area contributed by atoms with Gasteiger partial charge in [0.2, 0.25) is 0 Å². The molecule has 7 nitrogen and oxygen atoms in total. The first kappa shape index (κ1) is 27.1. The van der Waals surface area contributed by atoms with E-state index in [2.05, 4.69) is 19.1 Å². The Kier molecular flexibility index (Phi) is 7.33. The minimum atomic E-state index is -3.87. The number of aryl methyl sites for hydroxylation is 2. The van der Waals surface area contributed by atoms with Crippen LogP contribution in [0.5, 0.6) is 11.5 Å². The second-order valence-corrected chi connectivity index (χ2v) is 12.4. The van der Waals surface area contributed by atoms with Gasteiger partial charge in [-0.2, -0.15) is 0 Å². The van der Waals surface area contributed by atoms with Gasteiger partial charge in [0.1, 0.15) is 11.5 Å². The van der Waals surface area contributed by atoms with Crippen LogP contribution in [0.2, 0.25) is 0 Å². The lowest BCUT2D eigenvalue weighted by Crippen LogP contribution is -2.38. The van der Waals surface area contributed by atoms with Gasteiger partial charge in [0.15, 0.2) is 6.61 Å². The molecule has 0 radical (unpaired) electrons. The molecular weight excluding hydrogens is 514 g/mol. The van der Waals surface area contributed by atoms with Crippen LogP contribution in [0.4, 0.5) is 5.69 Å². The minimum Gasteiger partial charge on any atom is -0.497 e. The first-order valence-corrected chi connectivity index (χ1v) is 14.9. The Hall–Kier alpha value is -3.52. The van der Waals surface area contributed by atoms with Crippen molar-refractivity contribution in [2.45, 2.75) is 62.7 Å². The van der Waals surface area contributed by atoms with Gasteiger partial charge >= 0.3 is 5.97 Å². The summed E-state index contributed by atoms with van der Waals surface area (Å²) in [6.07, 6.45) is 5.95. The standard InChI is InChI=1S/C31H35NO6S/c1-4-22-17-24(23-8-10-25(37-3)11-9-23)18-27-30(22)32(20-31(27)14-6-5-7-15-31)39(35,36)26-12-13-28(21(2)16-26)38-19-29(33)34/h8-13,16-18H,4-7,14-15,19-20H2,1-3H3,(H,33,34). The van der Waals surface area contributed by atoms with Crippen molar-refractivity contribution < 1.29 is 27.8 Å². The molecule has 1 N–H and O–H groups in total. The Morgan fingerprint density at radius 1 is 1.00 bits per heavy atom. The number of methoxy groups -OCH3 is 1. The molecule has 5 rings (SSSR count). The molecule has 0 aromatic heterocycles. The Bertz CT molecular complexity index is 1490. The number of anilines is 1. The molecule has 1 heterocycles. The zero-order chi connectivity index (χ0) is 27.8. The van der Waals surface area contributed by atoms with E-state index < -0.39 is 22.6 Å². The van der Waals surface area contributed by atoms with Crippen LogP contribution in [0.3, 0.4) is 0 Å². The highest BCUT2D eigenvalue weighted by molar-refractivity contribution is 7.92. The Morgan fingerprint density at radius 3 is 2.33 bits per heavy atom. The lowest BCUT2D eigenvalue weighted by Gasteiger charge is -2.34. The average molecular weight is 550 g/mol. The van der Waals surface area contributed by atoms with Crippen molar-refractivity contribution in [1.29, 1.82) is 0 Å². The van der Waals surface area contributed by atoms with Gasteiger partial charge in [-0.1, -0.05) is 38.3 Å². The Labute approximate surface area is 230 Å². The second-order valence-electron chi connectivity index (χ2n) is 10.6. The molecule has 1 spiro atoms. The van der Waals surface area contributed by atoms with Crippen LogP contribution in [0.25, 0.3) is 11.1 Å². The number of rotatable bonds is 8. The summed E-state index contributed by atoms with van der Waals surface area (Å²) in [6.45, 7) is 3.75. The normalized spacial score (nSPS) is 16.2. The fourth-order valence-electron chi connectivity index (χ4n) is 6.12. The first-order chi connectivity index (χ1) is 18.7. The number of carboxylic acid groups (broad SMARTS) is 1. The fraction of sp³-hybridized carbons (Fsp3) is 0.387. The third-order valence-corrected chi connectivity index (χ3v) is 9.90. The number of ether oxygens (including phenoxy) is 2. The van der Waals surface area contributed by atoms with Gasteiger partial charge in [0.05, 0.1) is 17.7 Å². The molecule has 0 amide bonds. The van der Waals surface area contributed by atoms with Gasteiger partial charge < -0.3 is 14.6 Å². The average Bonchev–Trinajstić information content (AvgIpc) is 3.26. The van der Waals surface area contributed by atoms with Crippen molar-refractivity contribution in [3.8, 4) is 22.6 Å². The van der Waals surface area contributed by atoms with Crippen LogP contribution in [0.15, 0.2) is 59.5 Å². The summed E-state index contributed by atoms with van der Waals surface area (Å²) in [5.74, 6) is 0.0743. The van der Waals surface area contributed by atoms with Gasteiger partial charge in [-0.15, -0.1) is 0 Å². The van der Waals surface area contributed by atoms with E-state index in [1.54, 1.807) is 30.5 Å². The van der Waals surface area contributed by atoms with Crippen molar-refractivity contribution in [2.75, 3.05) is 24.6 Å². The maximum Gasteiger partial charge on any atom is 0.341 e. The summed E-state index contributed by atoms with van der Waals surface area (Å²) in [7, 11) is -2.22. The number of hydrogen-bond donors (Lipinski definition) is 1. The molecule has 3 aromatic rings. The van der Waals surface area contributed by atoms with Crippen molar-refractivity contribution in [3.05, 3.63) is 71.3 Å². The molecule has 1 aliphatic heterocycles. The summed E-state index contributed by atoms with van der Waals surface area (Å²) in [6, 6.07) is 17.0. The van der Waals surface area contributed by atoms with Crippen LogP contribution >= 0.6 is 0 Å². The third-order valence-electron chi connectivity index (χ3n) is 8.16. The largest absolute Gasteiger partial charge is 0.497 e. The highest BCUT2D eigenvalue weighted by atomic mass is 32.2. The summed E-state index contributed by atoms with van der Waals surface area (Å²) >= 11 is 0. The fourth-order valence-corrected chi connectivity index (χ4v) is 7.82. The number of nitrogens with zero attached hydrogens (tertiary/aromatic N) is 1. The molecule has 0 saturated heterocycles. The SMILES string of the molecule is CCc1cc(-c2ccc(OC)cc2)cc2c1N(S(=O)(=O)c1ccc(OCC(=O)O)c(C)c1)CC21CCCCC1. The molecule has 8 heteroatoms. The van der Waals surface area contributed by atoms with E-state index in [-0.39, 0.29) is 10.3 Å². The number of aliphatic carboxylic acids is 1. The zero-order valence-electron chi connectivity index (χ0n) is 22.7. The van der Waals surface area contributed by atoms with Crippen molar-refractivity contribution >= 4 is 21.7 Å². The lowest BCUT2D eigenvalue weighted by atomic mass is 9.70. The number of carboxylic acids is 1.